The highest BCUT2D eigenvalue weighted by atomic mass is 16.6. The van der Waals surface area contributed by atoms with Gasteiger partial charge in [-0.2, -0.15) is 0 Å². The van der Waals surface area contributed by atoms with Crippen LogP contribution in [0.4, 0.5) is 0 Å². The van der Waals surface area contributed by atoms with Gasteiger partial charge in [0.25, 0.3) is 0 Å². The quantitative estimate of drug-likeness (QED) is 0.364. The molecule has 0 spiro atoms. The minimum Gasteiger partial charge on any atom is -0.455 e. The predicted molar refractivity (Wildman–Crippen MR) is 133 cm³/mol. The third-order valence-corrected chi connectivity index (χ3v) is 10.7. The molecule has 1 saturated heterocycles. The Hall–Kier alpha value is -1.77. The summed E-state index contributed by atoms with van der Waals surface area (Å²) < 4.78 is 12.2. The summed E-state index contributed by atoms with van der Waals surface area (Å²) in [6, 6.07) is 8.67. The van der Waals surface area contributed by atoms with Gasteiger partial charge in [0, 0.05) is 28.6 Å². The van der Waals surface area contributed by atoms with Gasteiger partial charge >= 0.3 is 5.97 Å². The molecule has 1 heterocycles. The Bertz CT molecular complexity index is 1080. The van der Waals surface area contributed by atoms with Gasteiger partial charge in [0.2, 0.25) is 0 Å². The molecule has 4 N–H and O–H groups in total. The zero-order valence-corrected chi connectivity index (χ0v) is 22.1. The molecule has 1 aromatic rings. The van der Waals surface area contributed by atoms with Crippen LogP contribution in [-0.4, -0.2) is 69.1 Å². The monoisotopic (exact) mass is 500 g/mol. The molecule has 1 aromatic carbocycles. The van der Waals surface area contributed by atoms with E-state index in [1.54, 1.807) is 31.2 Å². The van der Waals surface area contributed by atoms with Crippen LogP contribution in [0.25, 0.3) is 0 Å². The largest absolute Gasteiger partial charge is 0.455 e. The first-order valence-corrected chi connectivity index (χ1v) is 13.1. The molecule has 7 nitrogen and oxygen atoms in total. The number of benzene rings is 1. The van der Waals surface area contributed by atoms with Crippen molar-refractivity contribution >= 4 is 5.97 Å². The standard InChI is InChI=1S/C29H40O7/c1-15-13-29(34)24(36-25(33)17-10-8-7-9-11-17)22-27(5)14-35-19(27)12-18(30)28(22,6)23(32)21(31)20(16(15)2)26(29,3)4/h7-11,15,18-19,21-24,30-32,34H,12-14H2,1-6H3/t15-,18-,19+,21+,22+,23-,24-,27+,28+,29+/m0/s1. The average Bonchev–Trinajstić information content (AvgIpc) is 2.83. The van der Waals surface area contributed by atoms with E-state index < -0.39 is 58.1 Å². The first-order chi connectivity index (χ1) is 16.7. The molecule has 0 aromatic heterocycles. The first-order valence-electron chi connectivity index (χ1n) is 13.1. The summed E-state index contributed by atoms with van der Waals surface area (Å²) in [6.07, 6.45) is -4.43. The predicted octanol–water partition coefficient (Wildman–Crippen LogP) is 2.85. The van der Waals surface area contributed by atoms with E-state index in [0.29, 0.717) is 30.6 Å². The maximum atomic E-state index is 13.5. The average molecular weight is 501 g/mol. The van der Waals surface area contributed by atoms with E-state index in [9.17, 15) is 25.2 Å². The number of carbonyl (C=O) groups excluding carboxylic acids is 1. The summed E-state index contributed by atoms with van der Waals surface area (Å²) in [6.45, 7) is 11.8. The Morgan fingerprint density at radius 1 is 1.08 bits per heavy atom. The minimum atomic E-state index is -1.57. The van der Waals surface area contributed by atoms with E-state index in [2.05, 4.69) is 0 Å². The number of aliphatic hydroxyl groups excluding tert-OH is 3. The molecule has 0 unspecified atom stereocenters. The van der Waals surface area contributed by atoms with Gasteiger partial charge in [-0.05, 0) is 37.0 Å². The highest BCUT2D eigenvalue weighted by molar-refractivity contribution is 5.89. The number of allylic oxidation sites excluding steroid dienone is 1. The molecule has 7 heteroatoms. The number of rotatable bonds is 2. The van der Waals surface area contributed by atoms with Crippen LogP contribution in [0, 0.1) is 28.1 Å². The van der Waals surface area contributed by atoms with Crippen LogP contribution in [0.3, 0.4) is 0 Å². The molecule has 3 aliphatic carbocycles. The molecule has 3 fully saturated rings. The van der Waals surface area contributed by atoms with E-state index >= 15 is 0 Å². The first kappa shape index (κ1) is 25.9. The second kappa shape index (κ2) is 8.11. The minimum absolute atomic E-state index is 0.114. The zero-order valence-electron chi connectivity index (χ0n) is 22.1. The van der Waals surface area contributed by atoms with Crippen molar-refractivity contribution in [3.63, 3.8) is 0 Å². The van der Waals surface area contributed by atoms with E-state index in [-0.39, 0.29) is 12.0 Å². The Morgan fingerprint density at radius 2 is 1.72 bits per heavy atom. The van der Waals surface area contributed by atoms with Crippen LogP contribution in [0.15, 0.2) is 41.5 Å². The normalized spacial score (nSPS) is 47.6. The van der Waals surface area contributed by atoms with E-state index in [4.69, 9.17) is 9.47 Å². The molecule has 198 valence electrons. The van der Waals surface area contributed by atoms with Crippen LogP contribution < -0.4 is 0 Å². The van der Waals surface area contributed by atoms with Crippen molar-refractivity contribution in [3.05, 3.63) is 47.0 Å². The molecule has 2 bridgehead atoms. The summed E-state index contributed by atoms with van der Waals surface area (Å²) >= 11 is 0. The van der Waals surface area contributed by atoms with Gasteiger partial charge in [-0.1, -0.05) is 58.4 Å². The molecule has 2 saturated carbocycles. The van der Waals surface area contributed by atoms with E-state index in [1.807, 2.05) is 40.7 Å². The number of esters is 1. The highest BCUT2D eigenvalue weighted by Gasteiger charge is 2.74. The van der Waals surface area contributed by atoms with Gasteiger partial charge in [-0.3, -0.25) is 0 Å². The number of carbonyl (C=O) groups is 1. The molecule has 5 rings (SSSR count). The fourth-order valence-corrected chi connectivity index (χ4v) is 8.16. The molecule has 10 atom stereocenters. The Kier molecular flexibility index (Phi) is 5.83. The molecular weight excluding hydrogens is 460 g/mol. The molecule has 1 aliphatic heterocycles. The van der Waals surface area contributed by atoms with E-state index in [0.717, 1.165) is 5.57 Å². The van der Waals surface area contributed by atoms with Gasteiger partial charge in [0.05, 0.1) is 30.5 Å². The smallest absolute Gasteiger partial charge is 0.338 e. The molecule has 0 radical (unpaired) electrons. The summed E-state index contributed by atoms with van der Waals surface area (Å²) in [5.74, 6) is -1.36. The summed E-state index contributed by atoms with van der Waals surface area (Å²) in [5, 5.41) is 47.7. The van der Waals surface area contributed by atoms with Crippen molar-refractivity contribution in [2.75, 3.05) is 6.61 Å². The van der Waals surface area contributed by atoms with Crippen molar-refractivity contribution in [2.24, 2.45) is 28.1 Å². The molecule has 36 heavy (non-hydrogen) atoms. The van der Waals surface area contributed by atoms with Gasteiger partial charge in [0.15, 0.2) is 0 Å². The molecule has 0 amide bonds. The Balaban J connectivity index is 1.77. The SMILES string of the molecule is CC1=C2[C@@H](O)[C@H](O)[C@@]3(C)[C@H]([C@H](OC(=O)c4ccccc4)[C@](O)(C[C@@H]1C)C2(C)C)[C@]1(C)CO[C@@H]1C[C@@H]3O. The van der Waals surface area contributed by atoms with Crippen molar-refractivity contribution in [2.45, 2.75) is 90.5 Å². The lowest BCUT2D eigenvalue weighted by Crippen LogP contribution is -2.78. The molecule has 4 aliphatic rings. The number of hydrogen-bond donors (Lipinski definition) is 4. The fraction of sp³-hybridized carbons (Fsp3) is 0.690. The maximum Gasteiger partial charge on any atom is 0.338 e. The topological polar surface area (TPSA) is 116 Å². The fourth-order valence-electron chi connectivity index (χ4n) is 8.16. The van der Waals surface area contributed by atoms with E-state index in [1.165, 1.54) is 0 Å². The van der Waals surface area contributed by atoms with Crippen LogP contribution in [0.5, 0.6) is 0 Å². The molecular formula is C29H40O7. The van der Waals surface area contributed by atoms with Gasteiger partial charge in [-0.15, -0.1) is 0 Å². The lowest BCUT2D eigenvalue weighted by Gasteiger charge is -2.69. The van der Waals surface area contributed by atoms with Crippen molar-refractivity contribution in [3.8, 4) is 0 Å². The zero-order chi connectivity index (χ0) is 26.4. The van der Waals surface area contributed by atoms with Gasteiger partial charge in [0.1, 0.15) is 17.8 Å². The van der Waals surface area contributed by atoms with Crippen LogP contribution in [0.2, 0.25) is 0 Å². The summed E-state index contributed by atoms with van der Waals surface area (Å²) in [5.41, 5.74) is -2.62. The Morgan fingerprint density at radius 3 is 2.31 bits per heavy atom. The van der Waals surface area contributed by atoms with Crippen LogP contribution >= 0.6 is 0 Å². The summed E-state index contributed by atoms with van der Waals surface area (Å²) in [7, 11) is 0. The number of hydrogen-bond acceptors (Lipinski definition) is 7. The third-order valence-electron chi connectivity index (χ3n) is 10.7. The number of aliphatic hydroxyl groups is 4. The third kappa shape index (κ3) is 3.13. The highest BCUT2D eigenvalue weighted by Crippen LogP contribution is 2.66. The van der Waals surface area contributed by atoms with Crippen molar-refractivity contribution < 1.29 is 34.7 Å². The number of ether oxygens (including phenoxy) is 2. The second-order valence-corrected chi connectivity index (χ2v) is 12.7. The lowest BCUT2D eigenvalue weighted by molar-refractivity contribution is -0.337. The van der Waals surface area contributed by atoms with Crippen molar-refractivity contribution in [1.29, 1.82) is 0 Å². The van der Waals surface area contributed by atoms with Gasteiger partial charge in [-0.25, -0.2) is 4.79 Å². The van der Waals surface area contributed by atoms with Crippen LogP contribution in [-0.2, 0) is 9.47 Å². The summed E-state index contributed by atoms with van der Waals surface area (Å²) in [4.78, 5) is 13.5. The van der Waals surface area contributed by atoms with Gasteiger partial charge < -0.3 is 29.9 Å². The maximum absolute atomic E-state index is 13.5. The number of fused-ring (bicyclic) bond motifs is 5. The van der Waals surface area contributed by atoms with Crippen molar-refractivity contribution in [1.82, 2.24) is 0 Å². The van der Waals surface area contributed by atoms with Crippen LogP contribution in [0.1, 0.15) is 64.7 Å². The Labute approximate surface area is 213 Å². The second-order valence-electron chi connectivity index (χ2n) is 12.7. The lowest BCUT2D eigenvalue weighted by atomic mass is 9.42.